The molecule has 0 bridgehead atoms. The first-order chi connectivity index (χ1) is 13.2. The van der Waals surface area contributed by atoms with Crippen molar-refractivity contribution < 1.29 is 14.3 Å². The van der Waals surface area contributed by atoms with E-state index < -0.39 is 0 Å². The Morgan fingerprint density at radius 2 is 1.93 bits per heavy atom. The average Bonchev–Trinajstić information content (AvgIpc) is 3.22. The Labute approximate surface area is 160 Å². The van der Waals surface area contributed by atoms with Crippen molar-refractivity contribution in [2.45, 2.75) is 6.54 Å². The number of nitrogens with zero attached hydrogens (tertiary/aromatic N) is 2. The molecule has 0 saturated carbocycles. The summed E-state index contributed by atoms with van der Waals surface area (Å²) in [4.78, 5) is 25.0. The van der Waals surface area contributed by atoms with Gasteiger partial charge < -0.3 is 14.8 Å². The molecule has 3 aromatic rings. The van der Waals surface area contributed by atoms with Gasteiger partial charge in [0, 0.05) is 6.07 Å². The molecule has 7 nitrogen and oxygen atoms in total. The third kappa shape index (κ3) is 5.18. The molecule has 27 heavy (non-hydrogen) atoms. The van der Waals surface area contributed by atoms with Crippen LogP contribution in [0.15, 0.2) is 58.7 Å². The molecule has 8 heteroatoms. The van der Waals surface area contributed by atoms with Crippen molar-refractivity contribution in [3.8, 4) is 22.1 Å². The van der Waals surface area contributed by atoms with Gasteiger partial charge in [-0.25, -0.2) is 4.68 Å². The normalized spacial score (nSPS) is 10.4. The van der Waals surface area contributed by atoms with Gasteiger partial charge in [-0.15, -0.1) is 11.3 Å². The van der Waals surface area contributed by atoms with Crippen LogP contribution in [0.2, 0.25) is 0 Å². The fraction of sp³-hybridized carbons (Fsp3) is 0.211. The largest absolute Gasteiger partial charge is 0.497 e. The van der Waals surface area contributed by atoms with Gasteiger partial charge in [0.2, 0.25) is 5.91 Å². The highest BCUT2D eigenvalue weighted by molar-refractivity contribution is 7.13. The summed E-state index contributed by atoms with van der Waals surface area (Å²) in [7, 11) is 1.60. The van der Waals surface area contributed by atoms with Crippen LogP contribution in [0.3, 0.4) is 0 Å². The molecule has 0 aliphatic carbocycles. The van der Waals surface area contributed by atoms with Crippen molar-refractivity contribution in [2.75, 3.05) is 20.3 Å². The molecule has 0 spiro atoms. The molecule has 3 rings (SSSR count). The molecule has 0 radical (unpaired) electrons. The van der Waals surface area contributed by atoms with Gasteiger partial charge in [-0.1, -0.05) is 6.07 Å². The zero-order chi connectivity index (χ0) is 19.1. The molecule has 0 saturated heterocycles. The lowest BCUT2D eigenvalue weighted by atomic mass is 10.3. The highest BCUT2D eigenvalue weighted by Gasteiger charge is 2.08. The molecular weight excluding hydrogens is 366 g/mol. The number of carbonyl (C=O) groups excluding carboxylic acids is 1. The summed E-state index contributed by atoms with van der Waals surface area (Å²) in [5.74, 6) is 1.14. The summed E-state index contributed by atoms with van der Waals surface area (Å²) in [5.41, 5.74) is 0.347. The number of carbonyl (C=O) groups is 1. The first-order valence-electron chi connectivity index (χ1n) is 8.31. The van der Waals surface area contributed by atoms with Crippen molar-refractivity contribution in [3.63, 3.8) is 0 Å². The van der Waals surface area contributed by atoms with Crippen LogP contribution in [0.1, 0.15) is 0 Å². The second kappa shape index (κ2) is 9.00. The number of hydrogen-bond donors (Lipinski definition) is 1. The number of benzene rings is 1. The summed E-state index contributed by atoms with van der Waals surface area (Å²) in [6.07, 6.45) is 0. The summed E-state index contributed by atoms with van der Waals surface area (Å²) in [6, 6.07) is 14.1. The molecule has 1 aromatic carbocycles. The van der Waals surface area contributed by atoms with Crippen LogP contribution in [0, 0.1) is 0 Å². The van der Waals surface area contributed by atoms with E-state index in [0.29, 0.717) is 24.6 Å². The third-order valence-electron chi connectivity index (χ3n) is 3.69. The van der Waals surface area contributed by atoms with Crippen molar-refractivity contribution in [1.82, 2.24) is 15.1 Å². The minimum absolute atomic E-state index is 0.138. The highest BCUT2D eigenvalue weighted by Crippen LogP contribution is 2.21. The SMILES string of the molecule is COc1ccc(OCCNC(=O)Cn2nc(-c3cccs3)ccc2=O)cc1. The van der Waals surface area contributed by atoms with E-state index in [9.17, 15) is 9.59 Å². The van der Waals surface area contributed by atoms with Crippen LogP contribution >= 0.6 is 11.3 Å². The van der Waals surface area contributed by atoms with Crippen molar-refractivity contribution in [3.05, 3.63) is 64.3 Å². The topological polar surface area (TPSA) is 82.4 Å². The van der Waals surface area contributed by atoms with Crippen molar-refractivity contribution in [1.29, 1.82) is 0 Å². The van der Waals surface area contributed by atoms with Gasteiger partial charge in [-0.2, -0.15) is 5.10 Å². The summed E-state index contributed by atoms with van der Waals surface area (Å²) >= 11 is 1.52. The molecule has 0 atom stereocenters. The van der Waals surface area contributed by atoms with Crippen LogP contribution < -0.4 is 20.3 Å². The van der Waals surface area contributed by atoms with Gasteiger partial charge in [0.05, 0.1) is 18.5 Å². The fourth-order valence-corrected chi connectivity index (χ4v) is 3.03. The van der Waals surface area contributed by atoms with E-state index in [4.69, 9.17) is 9.47 Å². The Hall–Kier alpha value is -3.13. The second-order valence-electron chi connectivity index (χ2n) is 5.57. The molecule has 0 fully saturated rings. The Morgan fingerprint density at radius 1 is 1.15 bits per heavy atom. The summed E-state index contributed by atoms with van der Waals surface area (Å²) < 4.78 is 11.8. The van der Waals surface area contributed by atoms with E-state index in [0.717, 1.165) is 15.3 Å². The molecule has 1 amide bonds. The number of aromatic nitrogens is 2. The molecule has 2 heterocycles. The van der Waals surface area contributed by atoms with E-state index in [2.05, 4.69) is 10.4 Å². The van der Waals surface area contributed by atoms with E-state index >= 15 is 0 Å². The maximum atomic E-state index is 12.1. The summed E-state index contributed by atoms with van der Waals surface area (Å²) in [6.45, 7) is 0.500. The molecule has 2 aromatic heterocycles. The van der Waals surface area contributed by atoms with Crippen molar-refractivity contribution in [2.24, 2.45) is 0 Å². The number of nitrogens with one attached hydrogen (secondary N) is 1. The molecule has 1 N–H and O–H groups in total. The van der Waals surface area contributed by atoms with Gasteiger partial charge in [-0.3, -0.25) is 9.59 Å². The van der Waals surface area contributed by atoms with Gasteiger partial charge in [0.25, 0.3) is 5.56 Å². The lowest BCUT2D eigenvalue weighted by molar-refractivity contribution is -0.122. The zero-order valence-electron chi connectivity index (χ0n) is 14.8. The maximum absolute atomic E-state index is 12.1. The van der Waals surface area contributed by atoms with Gasteiger partial charge in [-0.05, 0) is 41.8 Å². The van der Waals surface area contributed by atoms with Crippen molar-refractivity contribution >= 4 is 17.2 Å². The lowest BCUT2D eigenvalue weighted by Crippen LogP contribution is -2.35. The Morgan fingerprint density at radius 3 is 2.63 bits per heavy atom. The lowest BCUT2D eigenvalue weighted by Gasteiger charge is -2.09. The van der Waals surface area contributed by atoms with Crippen LogP contribution in [-0.2, 0) is 11.3 Å². The Bertz CT molecular complexity index is 936. The Kier molecular flexibility index (Phi) is 6.22. The molecule has 0 aliphatic heterocycles. The van der Waals surface area contributed by atoms with Crippen LogP contribution in [0.4, 0.5) is 0 Å². The minimum atomic E-state index is -0.320. The number of rotatable bonds is 8. The van der Waals surface area contributed by atoms with Gasteiger partial charge in [0.1, 0.15) is 30.3 Å². The molecule has 140 valence electrons. The zero-order valence-corrected chi connectivity index (χ0v) is 15.6. The highest BCUT2D eigenvalue weighted by atomic mass is 32.1. The van der Waals surface area contributed by atoms with E-state index in [1.165, 1.54) is 17.4 Å². The number of thiophene rings is 1. The average molecular weight is 385 g/mol. The third-order valence-corrected chi connectivity index (χ3v) is 4.58. The Balaban J connectivity index is 1.49. The maximum Gasteiger partial charge on any atom is 0.267 e. The molecular formula is C19H19N3O4S. The predicted molar refractivity (Wildman–Crippen MR) is 103 cm³/mol. The first kappa shape index (κ1) is 18.7. The molecule has 0 unspecified atom stereocenters. The minimum Gasteiger partial charge on any atom is -0.497 e. The van der Waals surface area contributed by atoms with Crippen LogP contribution in [-0.4, -0.2) is 35.9 Å². The smallest absolute Gasteiger partial charge is 0.267 e. The van der Waals surface area contributed by atoms with Crippen LogP contribution in [0.5, 0.6) is 11.5 Å². The van der Waals surface area contributed by atoms with Gasteiger partial charge in [0.15, 0.2) is 0 Å². The van der Waals surface area contributed by atoms with Gasteiger partial charge >= 0.3 is 0 Å². The van der Waals surface area contributed by atoms with E-state index in [1.54, 1.807) is 37.4 Å². The fourth-order valence-electron chi connectivity index (χ4n) is 2.34. The molecule has 0 aliphatic rings. The number of ether oxygens (including phenoxy) is 2. The van der Waals surface area contributed by atoms with E-state index in [1.807, 2.05) is 17.5 Å². The predicted octanol–water partition coefficient (Wildman–Crippen LogP) is 2.18. The number of hydrogen-bond acceptors (Lipinski definition) is 6. The number of amides is 1. The standard InChI is InChI=1S/C19H19N3O4S/c1-25-14-4-6-15(7-5-14)26-11-10-20-18(23)13-22-19(24)9-8-16(21-22)17-3-2-12-27-17/h2-9,12H,10-11,13H2,1H3,(H,20,23). The van der Waals surface area contributed by atoms with E-state index in [-0.39, 0.29) is 18.0 Å². The monoisotopic (exact) mass is 385 g/mol. The summed E-state index contributed by atoms with van der Waals surface area (Å²) in [5, 5.41) is 8.91. The van der Waals surface area contributed by atoms with Crippen LogP contribution in [0.25, 0.3) is 10.6 Å². The number of methoxy groups -OCH3 is 1. The first-order valence-corrected chi connectivity index (χ1v) is 9.19. The quantitative estimate of drug-likeness (QED) is 0.601. The second-order valence-corrected chi connectivity index (χ2v) is 6.51.